The van der Waals surface area contributed by atoms with Gasteiger partial charge in [-0.05, 0) is 55.0 Å². The van der Waals surface area contributed by atoms with Crippen molar-refractivity contribution in [3.63, 3.8) is 0 Å². The molecule has 0 bridgehead atoms. The third-order valence-corrected chi connectivity index (χ3v) is 4.16. The second kappa shape index (κ2) is 6.68. The van der Waals surface area contributed by atoms with E-state index in [1.54, 1.807) is 0 Å². The number of nitriles is 1. The first-order valence-corrected chi connectivity index (χ1v) is 8.10. The zero-order valence-corrected chi connectivity index (χ0v) is 14.3. The molecule has 0 N–H and O–H groups in total. The predicted molar refractivity (Wildman–Crippen MR) is 98.1 cm³/mol. The van der Waals surface area contributed by atoms with Crippen LogP contribution in [0.1, 0.15) is 17.0 Å². The Morgan fingerprint density at radius 3 is 2.52 bits per heavy atom. The van der Waals surface area contributed by atoms with Crippen molar-refractivity contribution in [3.05, 3.63) is 88.2 Å². The highest BCUT2D eigenvalue weighted by Gasteiger charge is 2.08. The number of hydrogen-bond donors (Lipinski definition) is 0. The molecule has 0 unspecified atom stereocenters. The van der Waals surface area contributed by atoms with Gasteiger partial charge in [0.2, 0.25) is 0 Å². The van der Waals surface area contributed by atoms with Crippen LogP contribution in [0, 0.1) is 18.3 Å². The van der Waals surface area contributed by atoms with E-state index < -0.39 is 0 Å². The van der Waals surface area contributed by atoms with Crippen LogP contribution >= 0.6 is 15.9 Å². The highest BCUT2D eigenvalue weighted by molar-refractivity contribution is 9.10. The second-order valence-electron chi connectivity index (χ2n) is 5.25. The minimum absolute atomic E-state index is 0.640. The summed E-state index contributed by atoms with van der Waals surface area (Å²) in [6, 6.07) is 24.4. The lowest BCUT2D eigenvalue weighted by Gasteiger charge is -2.10. The quantitative estimate of drug-likeness (QED) is 0.556. The van der Waals surface area contributed by atoms with E-state index in [1.165, 1.54) is 0 Å². The van der Waals surface area contributed by atoms with Crippen LogP contribution < -0.4 is 0 Å². The van der Waals surface area contributed by atoms with Crippen molar-refractivity contribution in [2.24, 2.45) is 0 Å². The van der Waals surface area contributed by atoms with Gasteiger partial charge in [0.1, 0.15) is 0 Å². The second-order valence-corrected chi connectivity index (χ2v) is 6.17. The monoisotopic (exact) mass is 362 g/mol. The maximum absolute atomic E-state index is 9.56. The van der Waals surface area contributed by atoms with Gasteiger partial charge in [-0.25, -0.2) is 0 Å². The summed E-state index contributed by atoms with van der Waals surface area (Å²) in [5.41, 5.74) is 4.76. The molecule has 0 aliphatic rings. The summed E-state index contributed by atoms with van der Waals surface area (Å²) in [6.07, 6.45) is 1.93. The smallest absolute Gasteiger partial charge is 0.0998 e. The molecule has 3 rings (SSSR count). The van der Waals surface area contributed by atoms with Crippen LogP contribution in [0.15, 0.2) is 71.2 Å². The van der Waals surface area contributed by atoms with Crippen LogP contribution in [-0.4, -0.2) is 4.57 Å². The molecule has 3 aromatic rings. The fraction of sp³-hybridized carbons (Fsp3) is 0.0500. The van der Waals surface area contributed by atoms with E-state index in [1.807, 2.05) is 54.6 Å². The minimum Gasteiger partial charge on any atom is -0.314 e. The normalized spacial score (nSPS) is 11.3. The van der Waals surface area contributed by atoms with E-state index in [9.17, 15) is 5.26 Å². The fourth-order valence-electron chi connectivity index (χ4n) is 2.59. The van der Waals surface area contributed by atoms with E-state index >= 15 is 0 Å². The van der Waals surface area contributed by atoms with Gasteiger partial charge in [0, 0.05) is 21.5 Å². The highest BCUT2D eigenvalue weighted by Crippen LogP contribution is 2.24. The van der Waals surface area contributed by atoms with Gasteiger partial charge in [0.05, 0.1) is 11.6 Å². The van der Waals surface area contributed by atoms with Gasteiger partial charge in [0.15, 0.2) is 0 Å². The average molecular weight is 363 g/mol. The van der Waals surface area contributed by atoms with E-state index in [4.69, 9.17) is 0 Å². The molecule has 0 saturated carbocycles. The summed E-state index contributed by atoms with van der Waals surface area (Å²) < 4.78 is 3.11. The molecule has 0 aliphatic carbocycles. The highest BCUT2D eigenvalue weighted by atomic mass is 79.9. The Morgan fingerprint density at radius 2 is 1.83 bits per heavy atom. The van der Waals surface area contributed by atoms with Crippen molar-refractivity contribution in [1.29, 1.82) is 5.26 Å². The Kier molecular flexibility index (Phi) is 4.45. The number of aromatic nitrogens is 1. The fourth-order valence-corrected chi connectivity index (χ4v) is 2.98. The van der Waals surface area contributed by atoms with Crippen molar-refractivity contribution >= 4 is 27.6 Å². The Bertz CT molecular complexity index is 899. The van der Waals surface area contributed by atoms with Gasteiger partial charge in [-0.2, -0.15) is 5.26 Å². The molecule has 2 aromatic carbocycles. The molecule has 112 valence electrons. The lowest BCUT2D eigenvalue weighted by molar-refractivity contribution is 1.00. The van der Waals surface area contributed by atoms with Crippen molar-refractivity contribution in [2.75, 3.05) is 0 Å². The van der Waals surface area contributed by atoms with Crippen molar-refractivity contribution in [1.82, 2.24) is 4.57 Å². The average Bonchev–Trinajstić information content (AvgIpc) is 2.94. The molecular weight excluding hydrogens is 348 g/mol. The number of benzene rings is 2. The maximum Gasteiger partial charge on any atom is 0.0998 e. The third-order valence-electron chi connectivity index (χ3n) is 3.67. The van der Waals surface area contributed by atoms with E-state index in [0.29, 0.717) is 5.57 Å². The molecular formula is C20H15BrN2. The topological polar surface area (TPSA) is 28.7 Å². The Hall–Kier alpha value is -2.57. The van der Waals surface area contributed by atoms with Gasteiger partial charge in [-0.1, -0.05) is 46.3 Å². The van der Waals surface area contributed by atoms with Gasteiger partial charge in [-0.3, -0.25) is 0 Å². The molecule has 0 atom stereocenters. The van der Waals surface area contributed by atoms with Crippen LogP contribution in [0.5, 0.6) is 0 Å². The molecule has 0 saturated heterocycles. The SMILES string of the molecule is Cc1ccc(/C=C(/C#N)c2cccc(Br)c2)n1-c1ccccc1. The number of para-hydroxylation sites is 1. The molecule has 1 aromatic heterocycles. The van der Waals surface area contributed by atoms with Crippen LogP contribution in [-0.2, 0) is 0 Å². The molecule has 0 fully saturated rings. The zero-order chi connectivity index (χ0) is 16.2. The number of hydrogen-bond acceptors (Lipinski definition) is 1. The molecule has 2 nitrogen and oxygen atoms in total. The maximum atomic E-state index is 9.56. The van der Waals surface area contributed by atoms with Crippen LogP contribution in [0.25, 0.3) is 17.3 Å². The Balaban J connectivity index is 2.11. The first-order chi connectivity index (χ1) is 11.2. The van der Waals surface area contributed by atoms with Crippen molar-refractivity contribution in [3.8, 4) is 11.8 Å². The summed E-state index contributed by atoms with van der Waals surface area (Å²) >= 11 is 3.46. The van der Waals surface area contributed by atoms with Crippen LogP contribution in [0.4, 0.5) is 0 Å². The first-order valence-electron chi connectivity index (χ1n) is 7.30. The van der Waals surface area contributed by atoms with Gasteiger partial charge < -0.3 is 4.57 Å². The number of allylic oxidation sites excluding steroid dienone is 1. The zero-order valence-electron chi connectivity index (χ0n) is 12.7. The van der Waals surface area contributed by atoms with E-state index in [-0.39, 0.29) is 0 Å². The molecule has 0 aliphatic heterocycles. The molecule has 23 heavy (non-hydrogen) atoms. The Morgan fingerprint density at radius 1 is 1.04 bits per heavy atom. The summed E-state index contributed by atoms with van der Waals surface area (Å²) in [4.78, 5) is 0. The number of nitrogens with zero attached hydrogens (tertiary/aromatic N) is 2. The van der Waals surface area contributed by atoms with E-state index in [0.717, 1.165) is 27.1 Å². The van der Waals surface area contributed by atoms with Crippen LogP contribution in [0.2, 0.25) is 0 Å². The van der Waals surface area contributed by atoms with Crippen molar-refractivity contribution < 1.29 is 0 Å². The summed E-state index contributed by atoms with van der Waals surface area (Å²) in [5.74, 6) is 0. The molecule has 0 amide bonds. The largest absolute Gasteiger partial charge is 0.314 e. The minimum atomic E-state index is 0.640. The van der Waals surface area contributed by atoms with Crippen LogP contribution in [0.3, 0.4) is 0 Å². The predicted octanol–water partition coefficient (Wildman–Crippen LogP) is 5.61. The van der Waals surface area contributed by atoms with Crippen molar-refractivity contribution in [2.45, 2.75) is 6.92 Å². The standard InChI is InChI=1S/C20H15BrN2/c1-15-10-11-20(23(15)19-8-3-2-4-9-19)13-17(14-22)16-6-5-7-18(21)12-16/h2-13H,1H3/b17-13-. The summed E-state index contributed by atoms with van der Waals surface area (Å²) in [6.45, 7) is 2.06. The Labute approximate surface area is 144 Å². The first kappa shape index (κ1) is 15.3. The molecule has 3 heteroatoms. The molecule has 1 heterocycles. The number of aryl methyl sites for hydroxylation is 1. The summed E-state index contributed by atoms with van der Waals surface area (Å²) in [5, 5.41) is 9.56. The lowest BCUT2D eigenvalue weighted by atomic mass is 10.1. The number of halogens is 1. The number of rotatable bonds is 3. The van der Waals surface area contributed by atoms with E-state index in [2.05, 4.69) is 51.7 Å². The van der Waals surface area contributed by atoms with Gasteiger partial charge in [0.25, 0.3) is 0 Å². The summed E-state index contributed by atoms with van der Waals surface area (Å²) in [7, 11) is 0. The molecule has 0 radical (unpaired) electrons. The van der Waals surface area contributed by atoms with Gasteiger partial charge >= 0.3 is 0 Å². The molecule has 0 spiro atoms. The third kappa shape index (κ3) is 3.28. The lowest BCUT2D eigenvalue weighted by Crippen LogP contribution is -1.98. The van der Waals surface area contributed by atoms with Gasteiger partial charge in [-0.15, -0.1) is 0 Å².